The summed E-state index contributed by atoms with van der Waals surface area (Å²) >= 11 is 0. The third-order valence-corrected chi connectivity index (χ3v) is 4.52. The normalized spacial score (nSPS) is 10.6. The van der Waals surface area contributed by atoms with E-state index in [1.807, 2.05) is 42.5 Å². The molecule has 0 amide bonds. The van der Waals surface area contributed by atoms with Crippen molar-refractivity contribution in [2.75, 3.05) is 7.11 Å². The zero-order valence-electron chi connectivity index (χ0n) is 15.0. The molecule has 0 aliphatic rings. The molecule has 2 aromatic carbocycles. The van der Waals surface area contributed by atoms with Crippen LogP contribution < -0.4 is 4.74 Å². The first-order valence-electron chi connectivity index (χ1n) is 8.61. The standard InChI is InChI=1S/C22H20FNO3/c1-27-21-10-8-18(19(20(21)13-23)9-11-22(25)26)16-6-4-15(5-7-16)17-3-2-12-24-14-17/h2-8,10,12,14H,9,11,13H2,1H3,(H,25,26). The molecule has 0 saturated heterocycles. The molecule has 5 heteroatoms. The summed E-state index contributed by atoms with van der Waals surface area (Å²) in [5, 5.41) is 9.06. The average molecular weight is 365 g/mol. The number of carboxylic acids is 1. The minimum Gasteiger partial charge on any atom is -0.496 e. The molecule has 1 N–H and O–H groups in total. The molecule has 3 rings (SSSR count). The molecule has 0 aliphatic carbocycles. The molecule has 1 heterocycles. The van der Waals surface area contributed by atoms with Gasteiger partial charge in [-0.3, -0.25) is 9.78 Å². The second kappa shape index (κ2) is 8.45. The van der Waals surface area contributed by atoms with Crippen LogP contribution in [0.15, 0.2) is 60.9 Å². The molecule has 0 unspecified atom stereocenters. The Bertz CT molecular complexity index is 924. The van der Waals surface area contributed by atoms with E-state index in [1.165, 1.54) is 7.11 Å². The highest BCUT2D eigenvalue weighted by Crippen LogP contribution is 2.34. The van der Waals surface area contributed by atoms with Crippen LogP contribution in [0.2, 0.25) is 0 Å². The van der Waals surface area contributed by atoms with E-state index >= 15 is 0 Å². The summed E-state index contributed by atoms with van der Waals surface area (Å²) in [4.78, 5) is 15.2. The van der Waals surface area contributed by atoms with Crippen LogP contribution in [-0.2, 0) is 17.9 Å². The highest BCUT2D eigenvalue weighted by molar-refractivity contribution is 5.75. The second-order valence-corrected chi connectivity index (χ2v) is 6.12. The Balaban J connectivity index is 2.03. The number of aliphatic carboxylic acids is 1. The largest absolute Gasteiger partial charge is 0.496 e. The number of nitrogens with zero attached hydrogens (tertiary/aromatic N) is 1. The van der Waals surface area contributed by atoms with E-state index in [2.05, 4.69) is 4.98 Å². The fraction of sp³-hybridized carbons (Fsp3) is 0.182. The van der Waals surface area contributed by atoms with E-state index in [4.69, 9.17) is 9.84 Å². The quantitative estimate of drug-likeness (QED) is 0.646. The number of pyridine rings is 1. The molecule has 27 heavy (non-hydrogen) atoms. The maximum atomic E-state index is 13.7. The van der Waals surface area contributed by atoms with E-state index < -0.39 is 12.6 Å². The number of benzene rings is 2. The maximum absolute atomic E-state index is 13.7. The molecule has 138 valence electrons. The van der Waals surface area contributed by atoms with Crippen LogP contribution in [0.4, 0.5) is 4.39 Å². The van der Waals surface area contributed by atoms with Crippen LogP contribution in [0.1, 0.15) is 17.5 Å². The van der Waals surface area contributed by atoms with Crippen molar-refractivity contribution >= 4 is 5.97 Å². The van der Waals surface area contributed by atoms with Gasteiger partial charge in [-0.05, 0) is 46.4 Å². The predicted octanol–water partition coefficient (Wildman–Crippen LogP) is 4.91. The van der Waals surface area contributed by atoms with Crippen molar-refractivity contribution < 1.29 is 19.0 Å². The number of ether oxygens (including phenoxy) is 1. The monoisotopic (exact) mass is 365 g/mol. The minimum atomic E-state index is -0.916. The Morgan fingerprint density at radius 1 is 1.04 bits per heavy atom. The van der Waals surface area contributed by atoms with Gasteiger partial charge < -0.3 is 9.84 Å². The number of hydrogen-bond acceptors (Lipinski definition) is 3. The lowest BCUT2D eigenvalue weighted by atomic mass is 9.91. The van der Waals surface area contributed by atoms with Crippen molar-refractivity contribution in [3.05, 3.63) is 72.1 Å². The van der Waals surface area contributed by atoms with Gasteiger partial charge in [0.25, 0.3) is 0 Å². The molecule has 0 spiro atoms. The summed E-state index contributed by atoms with van der Waals surface area (Å²) in [7, 11) is 1.48. The third kappa shape index (κ3) is 4.14. The van der Waals surface area contributed by atoms with Crippen molar-refractivity contribution in [3.63, 3.8) is 0 Å². The Labute approximate surface area is 157 Å². The number of alkyl halides is 1. The van der Waals surface area contributed by atoms with Gasteiger partial charge in [-0.1, -0.05) is 36.4 Å². The number of carbonyl (C=O) groups is 1. The highest BCUT2D eigenvalue weighted by Gasteiger charge is 2.16. The predicted molar refractivity (Wildman–Crippen MR) is 102 cm³/mol. The molecule has 1 aromatic heterocycles. The maximum Gasteiger partial charge on any atom is 0.303 e. The van der Waals surface area contributed by atoms with Gasteiger partial charge in [0.15, 0.2) is 0 Å². The van der Waals surface area contributed by atoms with Gasteiger partial charge in [0.2, 0.25) is 0 Å². The third-order valence-electron chi connectivity index (χ3n) is 4.52. The smallest absolute Gasteiger partial charge is 0.303 e. The lowest BCUT2D eigenvalue weighted by Crippen LogP contribution is -2.04. The number of hydrogen-bond donors (Lipinski definition) is 1. The highest BCUT2D eigenvalue weighted by atomic mass is 19.1. The van der Waals surface area contributed by atoms with E-state index in [1.54, 1.807) is 18.5 Å². The summed E-state index contributed by atoms with van der Waals surface area (Å²) in [5.41, 5.74) is 4.84. The molecule has 4 nitrogen and oxygen atoms in total. The van der Waals surface area contributed by atoms with E-state index in [0.717, 1.165) is 22.3 Å². The van der Waals surface area contributed by atoms with Gasteiger partial charge in [0, 0.05) is 24.4 Å². The first kappa shape index (κ1) is 18.6. The van der Waals surface area contributed by atoms with Crippen LogP contribution in [0, 0.1) is 0 Å². The van der Waals surface area contributed by atoms with Crippen molar-refractivity contribution in [1.82, 2.24) is 4.98 Å². The summed E-state index contributed by atoms with van der Waals surface area (Å²) in [6.07, 6.45) is 3.69. The lowest BCUT2D eigenvalue weighted by molar-refractivity contribution is -0.136. The average Bonchev–Trinajstić information content (AvgIpc) is 2.72. The van der Waals surface area contributed by atoms with Crippen LogP contribution in [0.3, 0.4) is 0 Å². The minimum absolute atomic E-state index is 0.0685. The van der Waals surface area contributed by atoms with Crippen molar-refractivity contribution in [2.45, 2.75) is 19.5 Å². The first-order chi connectivity index (χ1) is 13.1. The molecule has 0 atom stereocenters. The Morgan fingerprint density at radius 2 is 1.78 bits per heavy atom. The first-order valence-corrected chi connectivity index (χ1v) is 8.61. The Morgan fingerprint density at radius 3 is 2.37 bits per heavy atom. The number of carboxylic acid groups (broad SMARTS) is 1. The van der Waals surface area contributed by atoms with Gasteiger partial charge in [-0.15, -0.1) is 0 Å². The Kier molecular flexibility index (Phi) is 5.81. The van der Waals surface area contributed by atoms with Gasteiger partial charge >= 0.3 is 5.97 Å². The van der Waals surface area contributed by atoms with Gasteiger partial charge in [0.1, 0.15) is 12.4 Å². The molecular formula is C22H20FNO3. The summed E-state index contributed by atoms with van der Waals surface area (Å²) in [5.74, 6) is -0.478. The van der Waals surface area contributed by atoms with Crippen molar-refractivity contribution in [1.29, 1.82) is 0 Å². The van der Waals surface area contributed by atoms with Crippen molar-refractivity contribution in [3.8, 4) is 28.0 Å². The Hall–Kier alpha value is -3.21. The van der Waals surface area contributed by atoms with Crippen LogP contribution >= 0.6 is 0 Å². The molecule has 0 radical (unpaired) electrons. The molecule has 3 aromatic rings. The molecule has 0 fully saturated rings. The zero-order valence-corrected chi connectivity index (χ0v) is 15.0. The van der Waals surface area contributed by atoms with Gasteiger partial charge in [-0.2, -0.15) is 0 Å². The van der Waals surface area contributed by atoms with Crippen LogP contribution in [0.5, 0.6) is 5.75 Å². The molecule has 0 saturated carbocycles. The zero-order chi connectivity index (χ0) is 19.2. The van der Waals surface area contributed by atoms with Crippen LogP contribution in [0.25, 0.3) is 22.3 Å². The summed E-state index contributed by atoms with van der Waals surface area (Å²) in [6.45, 7) is -0.709. The number of aromatic nitrogens is 1. The summed E-state index contributed by atoms with van der Waals surface area (Å²) in [6, 6.07) is 15.3. The van der Waals surface area contributed by atoms with E-state index in [9.17, 15) is 9.18 Å². The summed E-state index contributed by atoms with van der Waals surface area (Å²) < 4.78 is 19.0. The fourth-order valence-corrected chi connectivity index (χ4v) is 3.17. The second-order valence-electron chi connectivity index (χ2n) is 6.12. The topological polar surface area (TPSA) is 59.4 Å². The number of rotatable bonds is 7. The number of halogens is 1. The molecular weight excluding hydrogens is 345 g/mol. The SMILES string of the molecule is COc1ccc(-c2ccc(-c3cccnc3)cc2)c(CCC(=O)O)c1CF. The molecule has 0 aliphatic heterocycles. The van der Waals surface area contributed by atoms with Crippen molar-refractivity contribution in [2.24, 2.45) is 0 Å². The lowest BCUT2D eigenvalue weighted by Gasteiger charge is -2.16. The van der Waals surface area contributed by atoms with E-state index in [0.29, 0.717) is 16.9 Å². The molecule has 0 bridgehead atoms. The van der Waals surface area contributed by atoms with Gasteiger partial charge in [0.05, 0.1) is 7.11 Å². The van der Waals surface area contributed by atoms with E-state index in [-0.39, 0.29) is 12.8 Å². The number of methoxy groups -OCH3 is 1. The van der Waals surface area contributed by atoms with Crippen LogP contribution in [-0.4, -0.2) is 23.2 Å². The van der Waals surface area contributed by atoms with Gasteiger partial charge in [-0.25, -0.2) is 4.39 Å². The fourth-order valence-electron chi connectivity index (χ4n) is 3.17.